The molecule has 1 saturated heterocycles. The second kappa shape index (κ2) is 6.02. The lowest BCUT2D eigenvalue weighted by Crippen LogP contribution is -2.40. The van der Waals surface area contributed by atoms with Gasteiger partial charge in [-0.3, -0.25) is 4.90 Å². The van der Waals surface area contributed by atoms with Crippen molar-refractivity contribution in [2.45, 2.75) is 24.2 Å². The van der Waals surface area contributed by atoms with Crippen LogP contribution in [0.1, 0.15) is 19.3 Å². The van der Waals surface area contributed by atoms with E-state index in [4.69, 9.17) is 11.6 Å². The lowest BCUT2D eigenvalue weighted by Gasteiger charge is -2.26. The van der Waals surface area contributed by atoms with Crippen molar-refractivity contribution in [1.82, 2.24) is 9.62 Å². The van der Waals surface area contributed by atoms with Gasteiger partial charge in [-0.15, -0.1) is 0 Å². The molecule has 18 heavy (non-hydrogen) atoms. The maximum atomic E-state index is 12.0. The zero-order chi connectivity index (χ0) is 13.0. The Bertz CT molecular complexity index is 481. The summed E-state index contributed by atoms with van der Waals surface area (Å²) in [7, 11) is -3.43. The van der Waals surface area contributed by atoms with Crippen molar-refractivity contribution in [3.05, 3.63) is 29.3 Å². The number of rotatable bonds is 4. The number of halogens is 1. The molecule has 4 nitrogen and oxygen atoms in total. The zero-order valence-electron chi connectivity index (χ0n) is 10.1. The number of nitrogens with zero attached hydrogens (tertiary/aromatic N) is 1. The molecule has 0 aliphatic carbocycles. The van der Waals surface area contributed by atoms with Crippen LogP contribution in [-0.4, -0.2) is 33.1 Å². The molecule has 0 unspecified atom stereocenters. The van der Waals surface area contributed by atoms with Crippen LogP contribution in [0.4, 0.5) is 0 Å². The molecular formula is C12H17ClN2O2S. The molecule has 1 aliphatic rings. The highest BCUT2D eigenvalue weighted by molar-refractivity contribution is 7.89. The Kier molecular flexibility index (Phi) is 4.61. The van der Waals surface area contributed by atoms with E-state index < -0.39 is 10.0 Å². The molecule has 1 fully saturated rings. The normalized spacial score (nSPS) is 17.8. The molecule has 0 atom stereocenters. The lowest BCUT2D eigenvalue weighted by molar-refractivity contribution is 0.226. The summed E-state index contributed by atoms with van der Waals surface area (Å²) in [6, 6.07) is 6.19. The fourth-order valence-electron chi connectivity index (χ4n) is 1.99. The zero-order valence-corrected chi connectivity index (χ0v) is 11.7. The van der Waals surface area contributed by atoms with Gasteiger partial charge in [0.2, 0.25) is 10.0 Å². The highest BCUT2D eigenvalue weighted by Gasteiger charge is 2.16. The molecule has 0 spiro atoms. The van der Waals surface area contributed by atoms with Crippen molar-refractivity contribution in [3.63, 3.8) is 0 Å². The predicted octanol–water partition coefficient (Wildman–Crippen LogP) is 2.06. The van der Waals surface area contributed by atoms with Gasteiger partial charge in [-0.1, -0.05) is 18.0 Å². The van der Waals surface area contributed by atoms with E-state index in [1.165, 1.54) is 18.6 Å². The average Bonchev–Trinajstić information content (AvgIpc) is 2.38. The van der Waals surface area contributed by atoms with E-state index in [0.717, 1.165) is 25.9 Å². The summed E-state index contributed by atoms with van der Waals surface area (Å²) in [6.45, 7) is 2.30. The molecule has 0 saturated carbocycles. The van der Waals surface area contributed by atoms with Crippen LogP contribution in [0.3, 0.4) is 0 Å². The fourth-order valence-corrected chi connectivity index (χ4v) is 3.13. The number of hydrogen-bond acceptors (Lipinski definition) is 3. The molecule has 1 heterocycles. The van der Waals surface area contributed by atoms with Crippen molar-refractivity contribution in [2.24, 2.45) is 0 Å². The lowest BCUT2D eigenvalue weighted by atomic mass is 10.1. The molecule has 1 N–H and O–H groups in total. The predicted molar refractivity (Wildman–Crippen MR) is 72.1 cm³/mol. The van der Waals surface area contributed by atoms with Crippen molar-refractivity contribution >= 4 is 21.6 Å². The van der Waals surface area contributed by atoms with Crippen LogP contribution < -0.4 is 4.72 Å². The molecule has 100 valence electrons. The van der Waals surface area contributed by atoms with Crippen LogP contribution >= 0.6 is 11.6 Å². The van der Waals surface area contributed by atoms with E-state index >= 15 is 0 Å². The molecule has 6 heteroatoms. The third-order valence-corrected chi connectivity index (χ3v) is 4.70. The molecule has 0 aromatic heterocycles. The average molecular weight is 289 g/mol. The van der Waals surface area contributed by atoms with Gasteiger partial charge in [-0.05, 0) is 50.2 Å². The summed E-state index contributed by atoms with van der Waals surface area (Å²) in [5.74, 6) is 0. The van der Waals surface area contributed by atoms with Gasteiger partial charge in [0.05, 0.1) is 11.6 Å². The minimum atomic E-state index is -3.43. The Morgan fingerprint density at radius 3 is 2.33 bits per heavy atom. The first-order chi connectivity index (χ1) is 8.58. The van der Waals surface area contributed by atoms with Gasteiger partial charge in [-0.25, -0.2) is 8.42 Å². The summed E-state index contributed by atoms with van der Waals surface area (Å²) in [4.78, 5) is 2.38. The molecule has 0 radical (unpaired) electrons. The van der Waals surface area contributed by atoms with Crippen molar-refractivity contribution in [2.75, 3.05) is 19.8 Å². The van der Waals surface area contributed by atoms with Gasteiger partial charge in [-0.2, -0.15) is 4.72 Å². The standard InChI is InChI=1S/C12H17ClN2O2S/c13-11-4-6-12(7-5-11)18(16,17)14-10-15-8-2-1-3-9-15/h4-7,14H,1-3,8-10H2. The van der Waals surface area contributed by atoms with E-state index in [2.05, 4.69) is 9.62 Å². The number of nitrogens with one attached hydrogen (secondary N) is 1. The van der Waals surface area contributed by atoms with E-state index in [1.807, 2.05) is 0 Å². The number of piperidine rings is 1. The highest BCUT2D eigenvalue weighted by atomic mass is 35.5. The second-order valence-corrected chi connectivity index (χ2v) is 6.64. The van der Waals surface area contributed by atoms with Crippen molar-refractivity contribution in [1.29, 1.82) is 0 Å². The third kappa shape index (κ3) is 3.68. The quantitative estimate of drug-likeness (QED) is 0.923. The van der Waals surface area contributed by atoms with E-state index in [1.54, 1.807) is 12.1 Å². The molecule has 2 rings (SSSR count). The molecule has 0 bridgehead atoms. The maximum absolute atomic E-state index is 12.0. The fraction of sp³-hybridized carbons (Fsp3) is 0.500. The van der Waals surface area contributed by atoms with Crippen LogP contribution in [0.15, 0.2) is 29.2 Å². The monoisotopic (exact) mass is 288 g/mol. The molecular weight excluding hydrogens is 272 g/mol. The van der Waals surface area contributed by atoms with Crippen LogP contribution in [0, 0.1) is 0 Å². The molecule has 1 aromatic rings. The van der Waals surface area contributed by atoms with Gasteiger partial charge < -0.3 is 0 Å². The Morgan fingerprint density at radius 1 is 1.11 bits per heavy atom. The van der Waals surface area contributed by atoms with Crippen LogP contribution in [-0.2, 0) is 10.0 Å². The van der Waals surface area contributed by atoms with Gasteiger partial charge in [0.25, 0.3) is 0 Å². The second-order valence-electron chi connectivity index (χ2n) is 4.44. The van der Waals surface area contributed by atoms with Gasteiger partial charge >= 0.3 is 0 Å². The maximum Gasteiger partial charge on any atom is 0.241 e. The van der Waals surface area contributed by atoms with Crippen molar-refractivity contribution < 1.29 is 8.42 Å². The highest BCUT2D eigenvalue weighted by Crippen LogP contribution is 2.14. The van der Waals surface area contributed by atoms with Crippen LogP contribution in [0.25, 0.3) is 0 Å². The third-order valence-electron chi connectivity index (χ3n) is 3.05. The first-order valence-corrected chi connectivity index (χ1v) is 7.92. The molecule has 1 aromatic carbocycles. The summed E-state index contributed by atoms with van der Waals surface area (Å²) < 4.78 is 26.6. The minimum Gasteiger partial charge on any atom is -0.290 e. The Balaban J connectivity index is 1.96. The summed E-state index contributed by atoms with van der Waals surface area (Å²) in [5.41, 5.74) is 0. The summed E-state index contributed by atoms with van der Waals surface area (Å²) in [5, 5.41) is 0.532. The van der Waals surface area contributed by atoms with Crippen LogP contribution in [0.5, 0.6) is 0 Å². The molecule has 1 aliphatic heterocycles. The van der Waals surface area contributed by atoms with Crippen molar-refractivity contribution in [3.8, 4) is 0 Å². The van der Waals surface area contributed by atoms with E-state index in [0.29, 0.717) is 11.7 Å². The first-order valence-electron chi connectivity index (χ1n) is 6.05. The van der Waals surface area contributed by atoms with E-state index in [9.17, 15) is 8.42 Å². The topological polar surface area (TPSA) is 49.4 Å². The van der Waals surface area contributed by atoms with Gasteiger partial charge in [0.1, 0.15) is 0 Å². The van der Waals surface area contributed by atoms with Crippen LogP contribution in [0.2, 0.25) is 5.02 Å². The SMILES string of the molecule is O=S(=O)(NCN1CCCCC1)c1ccc(Cl)cc1. The summed E-state index contributed by atoms with van der Waals surface area (Å²) >= 11 is 5.74. The summed E-state index contributed by atoms with van der Waals surface area (Å²) in [6.07, 6.45) is 3.52. The number of sulfonamides is 1. The number of benzene rings is 1. The number of likely N-dealkylation sites (tertiary alicyclic amines) is 1. The number of hydrogen-bond donors (Lipinski definition) is 1. The van der Waals surface area contributed by atoms with E-state index in [-0.39, 0.29) is 4.90 Å². The first kappa shape index (κ1) is 13.8. The van der Waals surface area contributed by atoms with Gasteiger partial charge in [0, 0.05) is 5.02 Å². The Morgan fingerprint density at radius 2 is 1.72 bits per heavy atom. The largest absolute Gasteiger partial charge is 0.290 e. The molecule has 0 amide bonds. The Labute approximate surface area is 113 Å². The minimum absolute atomic E-state index is 0.254. The smallest absolute Gasteiger partial charge is 0.241 e. The van der Waals surface area contributed by atoms with Gasteiger partial charge in [0.15, 0.2) is 0 Å². The Hall–Kier alpha value is -0.620.